The quantitative estimate of drug-likeness (QED) is 0.796. The summed E-state index contributed by atoms with van der Waals surface area (Å²) >= 11 is 0. The maximum absolute atomic E-state index is 10.6. The Morgan fingerprint density at radius 2 is 2.33 bits per heavy atom. The topological polar surface area (TPSA) is 62.5 Å². The summed E-state index contributed by atoms with van der Waals surface area (Å²) in [5.74, 6) is -0.331. The molecule has 2 N–H and O–H groups in total. The molecule has 1 heterocycles. The molecule has 4 nitrogen and oxygen atoms in total. The minimum Gasteiger partial charge on any atom is -0.475 e. The standard InChI is InChI=1S/C11H15NO3/c1-11(5-2-6-11)12-7-8-3-4-9(15-8)10(13)14/h3-4,12H,2,5-7H2,1H3,(H,13,14). The van der Waals surface area contributed by atoms with Crippen LogP contribution in [0.2, 0.25) is 0 Å². The molecule has 4 heteroatoms. The molecule has 0 radical (unpaired) electrons. The molecule has 15 heavy (non-hydrogen) atoms. The predicted molar refractivity (Wildman–Crippen MR) is 54.8 cm³/mol. The number of hydrogen-bond donors (Lipinski definition) is 2. The van der Waals surface area contributed by atoms with Crippen LogP contribution in [0.25, 0.3) is 0 Å². The minimum absolute atomic E-state index is 0.00515. The first kappa shape index (κ1) is 10.2. The first-order valence-corrected chi connectivity index (χ1v) is 5.16. The second-order valence-corrected chi connectivity index (χ2v) is 4.34. The zero-order valence-electron chi connectivity index (χ0n) is 8.75. The van der Waals surface area contributed by atoms with Crippen molar-refractivity contribution < 1.29 is 14.3 Å². The largest absolute Gasteiger partial charge is 0.475 e. The second-order valence-electron chi connectivity index (χ2n) is 4.34. The number of carbonyl (C=O) groups is 1. The van der Waals surface area contributed by atoms with Crippen molar-refractivity contribution in [2.45, 2.75) is 38.3 Å². The number of furan rings is 1. The van der Waals surface area contributed by atoms with Crippen LogP contribution >= 0.6 is 0 Å². The summed E-state index contributed by atoms with van der Waals surface area (Å²) in [6, 6.07) is 3.20. The van der Waals surface area contributed by atoms with Gasteiger partial charge in [-0.25, -0.2) is 4.79 Å². The zero-order valence-corrected chi connectivity index (χ0v) is 8.75. The molecular weight excluding hydrogens is 194 g/mol. The van der Waals surface area contributed by atoms with Gasteiger partial charge in [0, 0.05) is 5.54 Å². The Bertz CT molecular complexity index is 366. The highest BCUT2D eigenvalue weighted by Crippen LogP contribution is 2.31. The third kappa shape index (κ3) is 2.21. The smallest absolute Gasteiger partial charge is 0.371 e. The van der Waals surface area contributed by atoms with Crippen molar-refractivity contribution in [1.29, 1.82) is 0 Å². The predicted octanol–water partition coefficient (Wildman–Crippen LogP) is 2.01. The van der Waals surface area contributed by atoms with E-state index in [-0.39, 0.29) is 11.3 Å². The third-order valence-corrected chi connectivity index (χ3v) is 3.02. The van der Waals surface area contributed by atoms with Crippen LogP contribution in [-0.2, 0) is 6.54 Å². The highest BCUT2D eigenvalue weighted by atomic mass is 16.4. The zero-order chi connectivity index (χ0) is 10.9. The Hall–Kier alpha value is -1.29. The molecule has 0 unspecified atom stereocenters. The van der Waals surface area contributed by atoms with Crippen molar-refractivity contribution in [3.05, 3.63) is 23.7 Å². The average molecular weight is 209 g/mol. The molecule has 0 atom stereocenters. The molecule has 1 aromatic heterocycles. The van der Waals surface area contributed by atoms with Crippen molar-refractivity contribution in [2.24, 2.45) is 0 Å². The van der Waals surface area contributed by atoms with Crippen LogP contribution in [0.5, 0.6) is 0 Å². The van der Waals surface area contributed by atoms with Gasteiger partial charge in [-0.1, -0.05) is 0 Å². The number of carboxylic acids is 1. The van der Waals surface area contributed by atoms with Gasteiger partial charge in [-0.2, -0.15) is 0 Å². The highest BCUT2D eigenvalue weighted by Gasteiger charge is 2.31. The summed E-state index contributed by atoms with van der Waals surface area (Å²) in [4.78, 5) is 10.6. The normalized spacial score (nSPS) is 18.5. The number of hydrogen-bond acceptors (Lipinski definition) is 3. The van der Waals surface area contributed by atoms with Crippen LogP contribution < -0.4 is 5.32 Å². The summed E-state index contributed by atoms with van der Waals surface area (Å²) in [6.07, 6.45) is 3.63. The molecule has 1 saturated carbocycles. The molecule has 1 aliphatic rings. The maximum Gasteiger partial charge on any atom is 0.371 e. The molecule has 0 saturated heterocycles. The summed E-state index contributed by atoms with van der Waals surface area (Å²) in [5.41, 5.74) is 0.218. The second kappa shape index (κ2) is 3.70. The molecule has 0 amide bonds. The fourth-order valence-electron chi connectivity index (χ4n) is 1.77. The van der Waals surface area contributed by atoms with Crippen molar-refractivity contribution >= 4 is 5.97 Å². The minimum atomic E-state index is -1.02. The van der Waals surface area contributed by atoms with Gasteiger partial charge in [0.05, 0.1) is 6.54 Å². The third-order valence-electron chi connectivity index (χ3n) is 3.02. The molecule has 1 aromatic rings. The number of aromatic carboxylic acids is 1. The fourth-order valence-corrected chi connectivity index (χ4v) is 1.77. The van der Waals surface area contributed by atoms with Crippen molar-refractivity contribution in [3.8, 4) is 0 Å². The Labute approximate surface area is 88.3 Å². The van der Waals surface area contributed by atoms with E-state index in [0.29, 0.717) is 12.3 Å². The maximum atomic E-state index is 10.6. The van der Waals surface area contributed by atoms with Gasteiger partial charge in [0.25, 0.3) is 0 Å². The van der Waals surface area contributed by atoms with E-state index in [0.717, 1.165) is 0 Å². The number of rotatable bonds is 4. The van der Waals surface area contributed by atoms with E-state index < -0.39 is 5.97 Å². The Morgan fingerprint density at radius 1 is 1.60 bits per heavy atom. The van der Waals surface area contributed by atoms with Crippen molar-refractivity contribution in [2.75, 3.05) is 0 Å². The van der Waals surface area contributed by atoms with Crippen LogP contribution in [0.4, 0.5) is 0 Å². The fraction of sp³-hybridized carbons (Fsp3) is 0.545. The lowest BCUT2D eigenvalue weighted by Crippen LogP contribution is -2.47. The summed E-state index contributed by atoms with van der Waals surface area (Å²) in [5, 5.41) is 12.0. The van der Waals surface area contributed by atoms with Gasteiger partial charge in [0.1, 0.15) is 5.76 Å². The lowest BCUT2D eigenvalue weighted by Gasteiger charge is -2.39. The van der Waals surface area contributed by atoms with Gasteiger partial charge in [-0.3, -0.25) is 0 Å². The molecular formula is C11H15NO3. The average Bonchev–Trinajstić information content (AvgIpc) is 2.60. The van der Waals surface area contributed by atoms with Crippen LogP contribution in [0.15, 0.2) is 16.5 Å². The van der Waals surface area contributed by atoms with Gasteiger partial charge in [-0.15, -0.1) is 0 Å². The van der Waals surface area contributed by atoms with Gasteiger partial charge in [-0.05, 0) is 38.3 Å². The highest BCUT2D eigenvalue weighted by molar-refractivity contribution is 5.84. The molecule has 0 aliphatic heterocycles. The van der Waals surface area contributed by atoms with E-state index in [2.05, 4.69) is 12.2 Å². The van der Waals surface area contributed by atoms with Gasteiger partial charge < -0.3 is 14.8 Å². The molecule has 82 valence electrons. The monoisotopic (exact) mass is 209 g/mol. The Balaban J connectivity index is 1.90. The summed E-state index contributed by atoms with van der Waals surface area (Å²) < 4.78 is 5.15. The van der Waals surface area contributed by atoms with E-state index in [1.54, 1.807) is 6.07 Å². The number of carboxylic acid groups (broad SMARTS) is 1. The first-order chi connectivity index (χ1) is 7.09. The van der Waals surface area contributed by atoms with Crippen LogP contribution in [0, 0.1) is 0 Å². The SMILES string of the molecule is CC1(NCc2ccc(C(=O)O)o2)CCC1. The van der Waals surface area contributed by atoms with Crippen LogP contribution in [-0.4, -0.2) is 16.6 Å². The molecule has 1 fully saturated rings. The van der Waals surface area contributed by atoms with Crippen molar-refractivity contribution in [1.82, 2.24) is 5.32 Å². The molecule has 2 rings (SSSR count). The Morgan fingerprint density at radius 3 is 2.80 bits per heavy atom. The van der Waals surface area contributed by atoms with Gasteiger partial charge in [0.2, 0.25) is 5.76 Å². The first-order valence-electron chi connectivity index (χ1n) is 5.16. The van der Waals surface area contributed by atoms with E-state index in [1.807, 2.05) is 0 Å². The number of nitrogens with one attached hydrogen (secondary N) is 1. The lowest BCUT2D eigenvalue weighted by atomic mass is 9.78. The molecule has 0 bridgehead atoms. The summed E-state index contributed by atoms with van der Waals surface area (Å²) in [7, 11) is 0. The molecule has 0 spiro atoms. The van der Waals surface area contributed by atoms with Crippen LogP contribution in [0.1, 0.15) is 42.5 Å². The van der Waals surface area contributed by atoms with E-state index in [1.165, 1.54) is 25.3 Å². The van der Waals surface area contributed by atoms with E-state index in [9.17, 15) is 4.79 Å². The lowest BCUT2D eigenvalue weighted by molar-refractivity contribution is 0.0659. The van der Waals surface area contributed by atoms with E-state index >= 15 is 0 Å². The van der Waals surface area contributed by atoms with E-state index in [4.69, 9.17) is 9.52 Å². The molecule has 0 aromatic carbocycles. The van der Waals surface area contributed by atoms with Crippen LogP contribution in [0.3, 0.4) is 0 Å². The molecule has 1 aliphatic carbocycles. The van der Waals surface area contributed by atoms with Gasteiger partial charge >= 0.3 is 5.97 Å². The summed E-state index contributed by atoms with van der Waals surface area (Å²) in [6.45, 7) is 2.78. The van der Waals surface area contributed by atoms with Gasteiger partial charge in [0.15, 0.2) is 0 Å². The van der Waals surface area contributed by atoms with Crippen molar-refractivity contribution in [3.63, 3.8) is 0 Å². The Kier molecular flexibility index (Phi) is 2.52.